The summed E-state index contributed by atoms with van der Waals surface area (Å²) < 4.78 is 0. The molecule has 1 aliphatic rings. The van der Waals surface area contributed by atoms with Gasteiger partial charge in [0, 0.05) is 38.4 Å². The molecule has 0 aromatic heterocycles. The second-order valence-corrected chi connectivity index (χ2v) is 6.29. The molecular formula is C18H28N4O2. The first-order valence-electron chi connectivity index (χ1n) is 8.63. The normalized spacial score (nSPS) is 16.4. The van der Waals surface area contributed by atoms with E-state index < -0.39 is 6.04 Å². The van der Waals surface area contributed by atoms with Crippen molar-refractivity contribution in [1.82, 2.24) is 15.5 Å². The molecule has 132 valence electrons. The first kappa shape index (κ1) is 18.1. The van der Waals surface area contributed by atoms with Crippen molar-refractivity contribution in [3.63, 3.8) is 0 Å². The fraction of sp³-hybridized carbons (Fsp3) is 0.556. The minimum Gasteiger partial charge on any atom is -0.371 e. The summed E-state index contributed by atoms with van der Waals surface area (Å²) in [6, 6.07) is 9.68. The lowest BCUT2D eigenvalue weighted by atomic mass is 10.0. The zero-order chi connectivity index (χ0) is 17.5. The van der Waals surface area contributed by atoms with Gasteiger partial charge in [-0.2, -0.15) is 0 Å². The number of likely N-dealkylation sites (N-methyl/N-ethyl adjacent to an activating group) is 1. The Morgan fingerprint density at radius 2 is 1.88 bits per heavy atom. The molecule has 2 rings (SSSR count). The Bertz CT molecular complexity index is 541. The zero-order valence-corrected chi connectivity index (χ0v) is 14.8. The maximum absolute atomic E-state index is 12.1. The van der Waals surface area contributed by atoms with Gasteiger partial charge in [0.15, 0.2) is 0 Å². The molecule has 1 fully saturated rings. The third kappa shape index (κ3) is 4.88. The minimum atomic E-state index is -0.514. The van der Waals surface area contributed by atoms with Crippen molar-refractivity contribution in [2.45, 2.75) is 38.8 Å². The summed E-state index contributed by atoms with van der Waals surface area (Å²) in [6.45, 7) is 6.09. The molecule has 0 unspecified atom stereocenters. The van der Waals surface area contributed by atoms with Gasteiger partial charge < -0.3 is 20.4 Å². The number of benzene rings is 1. The van der Waals surface area contributed by atoms with E-state index in [4.69, 9.17) is 0 Å². The molecule has 0 bridgehead atoms. The van der Waals surface area contributed by atoms with Gasteiger partial charge in [0.25, 0.3) is 0 Å². The molecule has 2 N–H and O–H groups in total. The van der Waals surface area contributed by atoms with E-state index >= 15 is 0 Å². The van der Waals surface area contributed by atoms with Crippen LogP contribution in [0.25, 0.3) is 0 Å². The van der Waals surface area contributed by atoms with Crippen molar-refractivity contribution in [3.8, 4) is 0 Å². The van der Waals surface area contributed by atoms with E-state index in [0.717, 1.165) is 25.9 Å². The van der Waals surface area contributed by atoms with Crippen molar-refractivity contribution in [3.05, 3.63) is 30.3 Å². The van der Waals surface area contributed by atoms with E-state index in [1.807, 2.05) is 25.1 Å². The highest BCUT2D eigenvalue weighted by molar-refractivity contribution is 5.86. The number of amides is 3. The summed E-state index contributed by atoms with van der Waals surface area (Å²) in [5.74, 6) is -0.0773. The van der Waals surface area contributed by atoms with Gasteiger partial charge in [-0.25, -0.2) is 4.79 Å². The molecule has 3 amide bonds. The van der Waals surface area contributed by atoms with Gasteiger partial charge in [0.2, 0.25) is 5.91 Å². The molecular weight excluding hydrogens is 304 g/mol. The summed E-state index contributed by atoms with van der Waals surface area (Å²) >= 11 is 0. The Morgan fingerprint density at radius 3 is 2.46 bits per heavy atom. The maximum Gasteiger partial charge on any atom is 0.315 e. The molecule has 1 saturated heterocycles. The van der Waals surface area contributed by atoms with Crippen molar-refractivity contribution < 1.29 is 9.59 Å². The summed E-state index contributed by atoms with van der Waals surface area (Å²) in [4.78, 5) is 28.0. The molecule has 0 spiro atoms. The molecule has 1 heterocycles. The van der Waals surface area contributed by atoms with Crippen molar-refractivity contribution in [1.29, 1.82) is 0 Å². The molecule has 1 atom stereocenters. The van der Waals surface area contributed by atoms with E-state index in [-0.39, 0.29) is 18.0 Å². The van der Waals surface area contributed by atoms with Crippen LogP contribution in [0.4, 0.5) is 10.5 Å². The molecule has 6 nitrogen and oxygen atoms in total. The largest absolute Gasteiger partial charge is 0.371 e. The molecule has 1 aliphatic heterocycles. The number of hydrogen-bond acceptors (Lipinski definition) is 3. The van der Waals surface area contributed by atoms with Crippen LogP contribution in [0.15, 0.2) is 30.3 Å². The van der Waals surface area contributed by atoms with Gasteiger partial charge in [-0.05, 0) is 38.8 Å². The van der Waals surface area contributed by atoms with Gasteiger partial charge in [-0.15, -0.1) is 0 Å². The number of nitrogens with one attached hydrogen (secondary N) is 2. The highest BCUT2D eigenvalue weighted by atomic mass is 16.2. The van der Waals surface area contributed by atoms with Gasteiger partial charge in [0.1, 0.15) is 6.04 Å². The lowest BCUT2D eigenvalue weighted by molar-refractivity contribution is -0.131. The SMILES string of the molecule is CCN(C)C(=O)[C@H](C)NC(=O)NC1CCN(c2ccccc2)CC1. The van der Waals surface area contributed by atoms with Gasteiger partial charge in [0.05, 0.1) is 0 Å². The standard InChI is InChI=1S/C18H28N4O2/c1-4-21(3)17(23)14(2)19-18(24)20-15-10-12-22(13-11-15)16-8-6-5-7-9-16/h5-9,14-15H,4,10-13H2,1-3H3,(H2,19,20,24)/t14-/m0/s1. The first-order chi connectivity index (χ1) is 11.5. The van der Waals surface area contributed by atoms with Crippen LogP contribution in [-0.2, 0) is 4.79 Å². The van der Waals surface area contributed by atoms with Crippen LogP contribution >= 0.6 is 0 Å². The summed E-state index contributed by atoms with van der Waals surface area (Å²) in [5, 5.41) is 5.72. The molecule has 1 aromatic carbocycles. The maximum atomic E-state index is 12.1. The lowest BCUT2D eigenvalue weighted by Crippen LogP contribution is -2.52. The van der Waals surface area contributed by atoms with E-state index in [0.29, 0.717) is 6.54 Å². The Morgan fingerprint density at radius 1 is 1.25 bits per heavy atom. The number of piperidine rings is 1. The summed E-state index contributed by atoms with van der Waals surface area (Å²) in [5.41, 5.74) is 1.22. The number of carbonyl (C=O) groups excluding carboxylic acids is 2. The molecule has 24 heavy (non-hydrogen) atoms. The third-order valence-corrected chi connectivity index (χ3v) is 4.52. The zero-order valence-electron chi connectivity index (χ0n) is 14.8. The third-order valence-electron chi connectivity index (χ3n) is 4.52. The van der Waals surface area contributed by atoms with Gasteiger partial charge >= 0.3 is 6.03 Å². The van der Waals surface area contributed by atoms with Crippen LogP contribution in [0.3, 0.4) is 0 Å². The predicted molar refractivity (Wildman–Crippen MR) is 96.1 cm³/mol. The van der Waals surface area contributed by atoms with Crippen LogP contribution in [0, 0.1) is 0 Å². The average molecular weight is 332 g/mol. The van der Waals surface area contributed by atoms with Crippen LogP contribution in [0.5, 0.6) is 0 Å². The number of urea groups is 1. The van der Waals surface area contributed by atoms with Crippen molar-refractivity contribution >= 4 is 17.6 Å². The number of anilines is 1. The van der Waals surface area contributed by atoms with Gasteiger partial charge in [-0.3, -0.25) is 4.79 Å². The second-order valence-electron chi connectivity index (χ2n) is 6.29. The molecule has 0 saturated carbocycles. The van der Waals surface area contributed by atoms with E-state index in [1.165, 1.54) is 5.69 Å². The fourth-order valence-electron chi connectivity index (χ4n) is 2.89. The number of hydrogen-bond donors (Lipinski definition) is 2. The number of para-hydroxylation sites is 1. The monoisotopic (exact) mass is 332 g/mol. The number of rotatable bonds is 5. The Hall–Kier alpha value is -2.24. The molecule has 0 radical (unpaired) electrons. The van der Waals surface area contributed by atoms with E-state index in [9.17, 15) is 9.59 Å². The highest BCUT2D eigenvalue weighted by Gasteiger charge is 2.23. The number of nitrogens with zero attached hydrogens (tertiary/aromatic N) is 2. The number of carbonyl (C=O) groups is 2. The fourth-order valence-corrected chi connectivity index (χ4v) is 2.89. The first-order valence-corrected chi connectivity index (χ1v) is 8.63. The molecule has 6 heteroatoms. The van der Waals surface area contributed by atoms with Crippen LogP contribution < -0.4 is 15.5 Å². The highest BCUT2D eigenvalue weighted by Crippen LogP contribution is 2.19. The molecule has 0 aliphatic carbocycles. The topological polar surface area (TPSA) is 64.7 Å². The average Bonchev–Trinajstić information content (AvgIpc) is 2.61. The van der Waals surface area contributed by atoms with Crippen LogP contribution in [0.1, 0.15) is 26.7 Å². The minimum absolute atomic E-state index is 0.0773. The second kappa shape index (κ2) is 8.57. The quantitative estimate of drug-likeness (QED) is 0.864. The van der Waals surface area contributed by atoms with Gasteiger partial charge in [-0.1, -0.05) is 18.2 Å². The van der Waals surface area contributed by atoms with E-state index in [1.54, 1.807) is 18.9 Å². The Kier molecular flexibility index (Phi) is 6.46. The lowest BCUT2D eigenvalue weighted by Gasteiger charge is -2.34. The van der Waals surface area contributed by atoms with Crippen molar-refractivity contribution in [2.75, 3.05) is 31.6 Å². The summed E-state index contributed by atoms with van der Waals surface area (Å²) in [7, 11) is 1.73. The van der Waals surface area contributed by atoms with Crippen molar-refractivity contribution in [2.24, 2.45) is 0 Å². The summed E-state index contributed by atoms with van der Waals surface area (Å²) in [6.07, 6.45) is 1.80. The van der Waals surface area contributed by atoms with Crippen LogP contribution in [-0.4, -0.2) is 55.6 Å². The Balaban J connectivity index is 1.75. The van der Waals surface area contributed by atoms with Crippen LogP contribution in [0.2, 0.25) is 0 Å². The predicted octanol–water partition coefficient (Wildman–Crippen LogP) is 1.82. The van der Waals surface area contributed by atoms with E-state index in [2.05, 4.69) is 27.7 Å². The smallest absolute Gasteiger partial charge is 0.315 e. The Labute approximate surface area is 144 Å². The molecule has 1 aromatic rings.